The number of unbranched alkanes of at least 4 members (excludes halogenated alkanes) is 7. The number of aryl methyl sites for hydroxylation is 2. The summed E-state index contributed by atoms with van der Waals surface area (Å²) >= 11 is -0.346. The molecule has 0 bridgehead atoms. The molecule has 0 radical (unpaired) electrons. The van der Waals surface area contributed by atoms with Gasteiger partial charge in [0, 0.05) is 0 Å². The Bertz CT molecular complexity index is 358. The van der Waals surface area contributed by atoms with Crippen molar-refractivity contribution in [3.8, 4) is 0 Å². The summed E-state index contributed by atoms with van der Waals surface area (Å²) in [6.45, 7) is 9.05. The molecular formula is C18H31Cl2Ru-. The first-order valence-corrected chi connectivity index (χ1v) is 12.6. The molecule has 0 atom stereocenters. The molecule has 0 fully saturated rings. The molecular weight excluding hydrogens is 388 g/mol. The first-order valence-electron chi connectivity index (χ1n) is 8.16. The van der Waals surface area contributed by atoms with Crippen LogP contribution < -0.4 is 0 Å². The fourth-order valence-corrected chi connectivity index (χ4v) is 2.72. The van der Waals surface area contributed by atoms with Gasteiger partial charge in [-0.05, 0) is 0 Å². The van der Waals surface area contributed by atoms with Crippen LogP contribution in [-0.2, 0) is 21.6 Å². The van der Waals surface area contributed by atoms with E-state index in [-0.39, 0.29) is 15.1 Å². The predicted octanol–water partition coefficient (Wildman–Crippen LogP) is 7.39. The van der Waals surface area contributed by atoms with Gasteiger partial charge in [0.1, 0.15) is 0 Å². The average Bonchev–Trinajstić information content (AvgIpc) is 2.70. The molecule has 0 aromatic heterocycles. The summed E-state index contributed by atoms with van der Waals surface area (Å²) < 4.78 is 0. The molecule has 0 aliphatic heterocycles. The molecule has 3 heteroatoms. The monoisotopic (exact) mass is 419 g/mol. The number of halogens is 2. The van der Waals surface area contributed by atoms with Gasteiger partial charge in [-0.1, -0.05) is 85.5 Å². The molecule has 126 valence electrons. The SMILES string of the molecule is CCCCCCCCCC[c-]1cc(C)c(C)c1C.[Cl][Ru][Cl]. The third-order valence-electron chi connectivity index (χ3n) is 4.33. The molecule has 0 saturated heterocycles. The fourth-order valence-electron chi connectivity index (χ4n) is 2.72. The first-order chi connectivity index (χ1) is 10.1. The molecule has 0 saturated carbocycles. The Morgan fingerprint density at radius 1 is 0.905 bits per heavy atom. The van der Waals surface area contributed by atoms with E-state index in [0.717, 1.165) is 0 Å². The third kappa shape index (κ3) is 10.0. The van der Waals surface area contributed by atoms with E-state index in [1.165, 1.54) is 74.5 Å². The standard InChI is InChI=1S/C18H31.2ClH.Ru/c1-5-6-7-8-9-10-11-12-13-18-14-15(2)16(3)17(18)4;;;/h14H,5-13H2,1-4H3;2*1H;/q-1;;;+2/p-2. The van der Waals surface area contributed by atoms with E-state index < -0.39 is 0 Å². The Balaban J connectivity index is 0.00000122. The fraction of sp³-hybridized carbons (Fsp3) is 0.722. The molecule has 0 amide bonds. The van der Waals surface area contributed by atoms with Crippen LogP contribution in [0.15, 0.2) is 6.07 Å². The molecule has 0 aliphatic carbocycles. The van der Waals surface area contributed by atoms with E-state index >= 15 is 0 Å². The molecule has 1 rings (SSSR count). The van der Waals surface area contributed by atoms with Crippen LogP contribution in [0.2, 0.25) is 0 Å². The molecule has 0 unspecified atom stereocenters. The van der Waals surface area contributed by atoms with E-state index in [9.17, 15) is 0 Å². The summed E-state index contributed by atoms with van der Waals surface area (Å²) in [7, 11) is 9.71. The quantitative estimate of drug-likeness (QED) is 0.222. The van der Waals surface area contributed by atoms with Crippen molar-refractivity contribution >= 4 is 19.4 Å². The number of rotatable bonds is 9. The van der Waals surface area contributed by atoms with Crippen molar-refractivity contribution in [2.75, 3.05) is 0 Å². The molecule has 0 spiro atoms. The van der Waals surface area contributed by atoms with Gasteiger partial charge in [-0.15, -0.1) is 0 Å². The van der Waals surface area contributed by atoms with Crippen molar-refractivity contribution in [1.29, 1.82) is 0 Å². The van der Waals surface area contributed by atoms with E-state index in [0.29, 0.717) is 0 Å². The van der Waals surface area contributed by atoms with Crippen LogP contribution >= 0.6 is 19.4 Å². The van der Waals surface area contributed by atoms with Crippen molar-refractivity contribution in [1.82, 2.24) is 0 Å². The maximum absolute atomic E-state index is 4.85. The normalized spacial score (nSPS) is 10.6. The van der Waals surface area contributed by atoms with Gasteiger partial charge in [-0.25, -0.2) is 0 Å². The number of hydrogen-bond donors (Lipinski definition) is 0. The van der Waals surface area contributed by atoms with Crippen molar-refractivity contribution in [3.05, 3.63) is 28.3 Å². The molecule has 1 aromatic carbocycles. The Morgan fingerprint density at radius 2 is 1.38 bits per heavy atom. The topological polar surface area (TPSA) is 0 Å². The van der Waals surface area contributed by atoms with E-state index in [1.807, 2.05) is 0 Å². The minimum atomic E-state index is -0.346. The van der Waals surface area contributed by atoms with Gasteiger partial charge in [0.25, 0.3) is 0 Å². The first kappa shape index (κ1) is 21.6. The third-order valence-corrected chi connectivity index (χ3v) is 4.33. The van der Waals surface area contributed by atoms with Crippen LogP contribution in [0.4, 0.5) is 0 Å². The average molecular weight is 419 g/mol. The second-order valence-electron chi connectivity index (χ2n) is 5.88. The van der Waals surface area contributed by atoms with Crippen LogP contribution in [0.25, 0.3) is 0 Å². The van der Waals surface area contributed by atoms with Gasteiger partial charge in [-0.2, -0.15) is 28.3 Å². The van der Waals surface area contributed by atoms with Gasteiger partial charge < -0.3 is 0 Å². The van der Waals surface area contributed by atoms with Crippen molar-refractivity contribution in [3.63, 3.8) is 0 Å². The molecule has 0 nitrogen and oxygen atoms in total. The van der Waals surface area contributed by atoms with E-state index in [2.05, 4.69) is 33.8 Å². The van der Waals surface area contributed by atoms with Crippen LogP contribution in [0.3, 0.4) is 0 Å². The molecule has 0 aliphatic rings. The van der Waals surface area contributed by atoms with Crippen LogP contribution in [-0.4, -0.2) is 0 Å². The van der Waals surface area contributed by atoms with E-state index in [1.54, 1.807) is 5.56 Å². The van der Waals surface area contributed by atoms with Crippen molar-refractivity contribution in [2.24, 2.45) is 0 Å². The van der Waals surface area contributed by atoms with Gasteiger partial charge >= 0.3 is 34.5 Å². The van der Waals surface area contributed by atoms with Crippen molar-refractivity contribution < 1.29 is 15.1 Å². The molecule has 1 aromatic rings. The van der Waals surface area contributed by atoms with Gasteiger partial charge in [0.15, 0.2) is 0 Å². The van der Waals surface area contributed by atoms with Crippen molar-refractivity contribution in [2.45, 2.75) is 85.5 Å². The minimum absolute atomic E-state index is 0.346. The van der Waals surface area contributed by atoms with Gasteiger partial charge in [-0.3, -0.25) is 0 Å². The summed E-state index contributed by atoms with van der Waals surface area (Å²) in [5.41, 5.74) is 6.11. The second-order valence-corrected chi connectivity index (χ2v) is 8.52. The summed E-state index contributed by atoms with van der Waals surface area (Å²) in [6, 6.07) is 2.39. The Hall–Kier alpha value is 0.553. The zero-order valence-electron chi connectivity index (χ0n) is 14.1. The molecule has 0 N–H and O–H groups in total. The Kier molecular flexibility index (Phi) is 14.5. The van der Waals surface area contributed by atoms with E-state index in [4.69, 9.17) is 19.4 Å². The summed E-state index contributed by atoms with van der Waals surface area (Å²) in [4.78, 5) is 0. The van der Waals surface area contributed by atoms with Crippen LogP contribution in [0.1, 0.15) is 80.5 Å². The zero-order valence-corrected chi connectivity index (χ0v) is 17.3. The van der Waals surface area contributed by atoms with Crippen LogP contribution in [0.5, 0.6) is 0 Å². The summed E-state index contributed by atoms with van der Waals surface area (Å²) in [5, 5.41) is 0. The number of hydrogen-bond acceptors (Lipinski definition) is 0. The van der Waals surface area contributed by atoms with Crippen LogP contribution in [0, 0.1) is 20.8 Å². The maximum atomic E-state index is 4.85. The second kappa shape index (κ2) is 14.2. The Labute approximate surface area is 148 Å². The van der Waals surface area contributed by atoms with Gasteiger partial charge in [0.05, 0.1) is 0 Å². The predicted molar refractivity (Wildman–Crippen MR) is 94.3 cm³/mol. The summed E-state index contributed by atoms with van der Waals surface area (Å²) in [6.07, 6.45) is 12.6. The molecule has 21 heavy (non-hydrogen) atoms. The zero-order chi connectivity index (χ0) is 16.1. The van der Waals surface area contributed by atoms with Gasteiger partial charge in [0.2, 0.25) is 0 Å². The molecule has 0 heterocycles. The summed E-state index contributed by atoms with van der Waals surface area (Å²) in [5.74, 6) is 0. The Morgan fingerprint density at radius 3 is 1.81 bits per heavy atom.